The molecule has 0 unspecified atom stereocenters. The summed E-state index contributed by atoms with van der Waals surface area (Å²) in [5.41, 5.74) is 2.97. The van der Waals surface area contributed by atoms with Gasteiger partial charge in [0.05, 0.1) is 5.69 Å². The summed E-state index contributed by atoms with van der Waals surface area (Å²) in [4.78, 5) is 16.2. The average molecular weight is 319 g/mol. The summed E-state index contributed by atoms with van der Waals surface area (Å²) in [6, 6.07) is 13.9. The molecule has 2 aromatic carbocycles. The van der Waals surface area contributed by atoms with Gasteiger partial charge >= 0.3 is 0 Å². The summed E-state index contributed by atoms with van der Waals surface area (Å²) in [7, 11) is 0. The molecule has 0 amide bonds. The lowest BCUT2D eigenvalue weighted by Crippen LogP contribution is -2.00. The predicted octanol–water partition coefficient (Wildman–Crippen LogP) is 4.15. The Morgan fingerprint density at radius 3 is 2.75 bits per heavy atom. The molecule has 2 heterocycles. The third kappa shape index (κ3) is 2.50. The maximum Gasteiger partial charge on any atom is 0.231 e. The van der Waals surface area contributed by atoms with Gasteiger partial charge in [-0.15, -0.1) is 0 Å². The quantitative estimate of drug-likeness (QED) is 0.725. The van der Waals surface area contributed by atoms with Gasteiger partial charge in [-0.3, -0.25) is 4.98 Å². The first kappa shape index (κ1) is 14.7. The van der Waals surface area contributed by atoms with Crippen LogP contribution in [-0.2, 0) is 11.2 Å². The predicted molar refractivity (Wildman–Crippen MR) is 92.3 cm³/mol. The summed E-state index contributed by atoms with van der Waals surface area (Å²) in [6.45, 7) is 1.84. The van der Waals surface area contributed by atoms with Crippen molar-refractivity contribution in [1.82, 2.24) is 4.98 Å². The summed E-state index contributed by atoms with van der Waals surface area (Å²) in [5.74, 6) is 1.66. The van der Waals surface area contributed by atoms with Crippen LogP contribution in [0.25, 0.3) is 22.0 Å². The van der Waals surface area contributed by atoms with E-state index < -0.39 is 0 Å². The number of rotatable bonds is 4. The largest absolute Gasteiger partial charge is 0.454 e. The Morgan fingerprint density at radius 1 is 1.12 bits per heavy atom. The molecule has 1 aromatic heterocycles. The first-order chi connectivity index (χ1) is 11.7. The highest BCUT2D eigenvalue weighted by molar-refractivity contribution is 5.97. The summed E-state index contributed by atoms with van der Waals surface area (Å²) in [5, 5.41) is 2.00. The van der Waals surface area contributed by atoms with E-state index in [-0.39, 0.29) is 12.6 Å². The van der Waals surface area contributed by atoms with Gasteiger partial charge in [-0.05, 0) is 31.0 Å². The summed E-state index contributed by atoms with van der Waals surface area (Å²) in [6.07, 6.45) is 2.96. The second-order valence-corrected chi connectivity index (χ2v) is 5.92. The number of aryl methyl sites for hydroxylation is 1. The van der Waals surface area contributed by atoms with Crippen molar-refractivity contribution in [3.8, 4) is 22.8 Å². The summed E-state index contributed by atoms with van der Waals surface area (Å²) < 4.78 is 11.2. The highest BCUT2D eigenvalue weighted by Gasteiger charge is 2.22. The van der Waals surface area contributed by atoms with Crippen molar-refractivity contribution in [1.29, 1.82) is 0 Å². The number of carbonyl (C=O) groups is 1. The molecule has 120 valence electrons. The van der Waals surface area contributed by atoms with E-state index in [0.717, 1.165) is 39.1 Å². The van der Waals surface area contributed by atoms with Crippen LogP contribution >= 0.6 is 0 Å². The van der Waals surface area contributed by atoms with Crippen molar-refractivity contribution in [2.75, 3.05) is 6.79 Å². The highest BCUT2D eigenvalue weighted by Crippen LogP contribution is 2.43. The van der Waals surface area contributed by atoms with Gasteiger partial charge in [0.25, 0.3) is 0 Å². The fraction of sp³-hybridized carbons (Fsp3) is 0.200. The molecule has 3 aromatic rings. The zero-order valence-electron chi connectivity index (χ0n) is 13.4. The van der Waals surface area contributed by atoms with Gasteiger partial charge in [0.2, 0.25) is 6.79 Å². The van der Waals surface area contributed by atoms with E-state index in [1.165, 1.54) is 0 Å². The molecular formula is C20H17NO3. The minimum Gasteiger partial charge on any atom is -0.454 e. The third-order valence-corrected chi connectivity index (χ3v) is 4.27. The number of hydrogen-bond acceptors (Lipinski definition) is 4. The Bertz CT molecular complexity index is 919. The van der Waals surface area contributed by atoms with Crippen molar-refractivity contribution in [2.45, 2.75) is 19.8 Å². The van der Waals surface area contributed by atoms with E-state index in [1.54, 1.807) is 6.92 Å². The number of hydrogen-bond donors (Lipinski definition) is 0. The van der Waals surface area contributed by atoms with Crippen molar-refractivity contribution in [3.05, 3.63) is 54.2 Å². The fourth-order valence-electron chi connectivity index (χ4n) is 3.13. The van der Waals surface area contributed by atoms with Crippen LogP contribution in [0, 0.1) is 0 Å². The van der Waals surface area contributed by atoms with Gasteiger partial charge in [-0.1, -0.05) is 30.3 Å². The molecule has 0 saturated carbocycles. The summed E-state index contributed by atoms with van der Waals surface area (Å²) >= 11 is 0. The minimum atomic E-state index is 0.163. The van der Waals surface area contributed by atoms with Crippen LogP contribution in [0.15, 0.2) is 48.7 Å². The number of carbonyl (C=O) groups excluding carboxylic acids is 1. The van der Waals surface area contributed by atoms with Gasteiger partial charge in [-0.2, -0.15) is 0 Å². The maximum atomic E-state index is 11.6. The van der Waals surface area contributed by atoms with Crippen LogP contribution in [0.1, 0.15) is 18.9 Å². The molecule has 0 bridgehead atoms. The van der Waals surface area contributed by atoms with Crippen molar-refractivity contribution in [2.24, 2.45) is 0 Å². The lowest BCUT2D eigenvalue weighted by atomic mass is 9.95. The van der Waals surface area contributed by atoms with Gasteiger partial charge < -0.3 is 14.3 Å². The highest BCUT2D eigenvalue weighted by atomic mass is 16.7. The number of fused-ring (bicyclic) bond motifs is 3. The molecule has 1 aliphatic rings. The Hall–Kier alpha value is -2.88. The second-order valence-electron chi connectivity index (χ2n) is 5.92. The lowest BCUT2D eigenvalue weighted by molar-refractivity contribution is -0.116. The van der Waals surface area contributed by atoms with Crippen molar-refractivity contribution < 1.29 is 14.3 Å². The number of nitrogens with zero attached hydrogens (tertiary/aromatic N) is 1. The third-order valence-electron chi connectivity index (χ3n) is 4.27. The number of benzene rings is 2. The Balaban J connectivity index is 1.98. The molecule has 0 aliphatic carbocycles. The molecule has 0 N–H and O–H groups in total. The Labute approximate surface area is 140 Å². The van der Waals surface area contributed by atoms with Crippen molar-refractivity contribution >= 4 is 16.6 Å². The molecule has 0 saturated heterocycles. The zero-order valence-corrected chi connectivity index (χ0v) is 13.4. The van der Waals surface area contributed by atoms with E-state index in [0.29, 0.717) is 12.8 Å². The molecule has 0 fully saturated rings. The van der Waals surface area contributed by atoms with Crippen LogP contribution in [0.5, 0.6) is 11.5 Å². The molecular weight excluding hydrogens is 302 g/mol. The molecule has 0 spiro atoms. The number of Topliss-reactive ketones (excluding diaryl/α,β-unsaturated/α-hetero) is 1. The van der Waals surface area contributed by atoms with Gasteiger partial charge in [-0.25, -0.2) is 0 Å². The Morgan fingerprint density at radius 2 is 1.96 bits per heavy atom. The smallest absolute Gasteiger partial charge is 0.231 e. The van der Waals surface area contributed by atoms with Gasteiger partial charge in [0.15, 0.2) is 11.5 Å². The van der Waals surface area contributed by atoms with Gasteiger partial charge in [0, 0.05) is 29.0 Å². The topological polar surface area (TPSA) is 48.4 Å². The molecule has 4 nitrogen and oxygen atoms in total. The van der Waals surface area contributed by atoms with Crippen LogP contribution in [0.4, 0.5) is 0 Å². The second kappa shape index (κ2) is 5.96. The van der Waals surface area contributed by atoms with E-state index in [2.05, 4.69) is 4.98 Å². The molecule has 0 radical (unpaired) electrons. The average Bonchev–Trinajstić information content (AvgIpc) is 3.09. The van der Waals surface area contributed by atoms with Crippen molar-refractivity contribution in [3.63, 3.8) is 0 Å². The monoisotopic (exact) mass is 319 g/mol. The normalized spacial score (nSPS) is 12.5. The first-order valence-electron chi connectivity index (χ1n) is 7.99. The van der Waals surface area contributed by atoms with E-state index in [9.17, 15) is 4.79 Å². The number of pyridine rings is 1. The SMILES string of the molecule is CC(=O)CCc1c(-c2ccccc2)ncc2ccc3c(c12)OCO3. The van der Waals surface area contributed by atoms with Gasteiger partial charge in [0.1, 0.15) is 5.78 Å². The molecule has 4 rings (SSSR count). The van der Waals surface area contributed by atoms with E-state index in [4.69, 9.17) is 9.47 Å². The first-order valence-corrected chi connectivity index (χ1v) is 7.99. The van der Waals surface area contributed by atoms with E-state index >= 15 is 0 Å². The maximum absolute atomic E-state index is 11.6. The van der Waals surface area contributed by atoms with Crippen LogP contribution in [0.3, 0.4) is 0 Å². The van der Waals surface area contributed by atoms with E-state index in [1.807, 2.05) is 48.7 Å². The van der Waals surface area contributed by atoms with Crippen LogP contribution in [-0.4, -0.2) is 17.6 Å². The molecule has 24 heavy (non-hydrogen) atoms. The lowest BCUT2D eigenvalue weighted by Gasteiger charge is -2.14. The fourth-order valence-corrected chi connectivity index (χ4v) is 3.13. The standard InChI is InChI=1S/C20H17NO3/c1-13(22)7-9-16-18-15(8-10-17-20(18)24-12-23-17)11-21-19(16)14-5-3-2-4-6-14/h2-6,8,10-11H,7,9,12H2,1H3. The Kier molecular flexibility index (Phi) is 3.65. The molecule has 1 aliphatic heterocycles. The zero-order chi connectivity index (χ0) is 16.5. The molecule has 4 heteroatoms. The number of ketones is 1. The van der Waals surface area contributed by atoms with Crippen LogP contribution < -0.4 is 9.47 Å². The molecule has 0 atom stereocenters. The minimum absolute atomic E-state index is 0.163. The number of aromatic nitrogens is 1. The van der Waals surface area contributed by atoms with Crippen LogP contribution in [0.2, 0.25) is 0 Å². The number of ether oxygens (including phenoxy) is 2.